The van der Waals surface area contributed by atoms with Gasteiger partial charge in [-0.3, -0.25) is 0 Å². The van der Waals surface area contributed by atoms with Crippen molar-refractivity contribution in [2.45, 2.75) is 66.2 Å². The Morgan fingerprint density at radius 1 is 1.20 bits per heavy atom. The molecule has 0 saturated carbocycles. The van der Waals surface area contributed by atoms with Gasteiger partial charge in [0.2, 0.25) is 0 Å². The predicted octanol–water partition coefficient (Wildman–Crippen LogP) is 5.51. The Morgan fingerprint density at radius 3 is 2.47 bits per heavy atom. The first-order chi connectivity index (χ1) is 7.24. The first-order valence-electron chi connectivity index (χ1n) is 6.56. The third-order valence-corrected chi connectivity index (χ3v) is 2.91. The fraction of sp³-hybridized carbons (Fsp3) is 0.733. The minimum Gasteiger partial charge on any atom is -0.0845 e. The van der Waals surface area contributed by atoms with Crippen LogP contribution in [0.4, 0.5) is 0 Å². The van der Waals surface area contributed by atoms with E-state index in [1.165, 1.54) is 37.7 Å². The molecular formula is C15H28. The minimum absolute atomic E-state index is 0.884. The van der Waals surface area contributed by atoms with Gasteiger partial charge in [0.05, 0.1) is 0 Å². The molecule has 0 aromatic carbocycles. The molecule has 0 aliphatic carbocycles. The first-order valence-corrected chi connectivity index (χ1v) is 6.56. The van der Waals surface area contributed by atoms with E-state index in [1.807, 2.05) is 0 Å². The molecule has 0 amide bonds. The molecule has 0 heterocycles. The number of rotatable bonds is 8. The van der Waals surface area contributed by atoms with Crippen LogP contribution in [0.15, 0.2) is 23.8 Å². The predicted molar refractivity (Wildman–Crippen MR) is 71.1 cm³/mol. The normalized spacial score (nSPS) is 14.8. The van der Waals surface area contributed by atoms with Crippen LogP contribution in [0.25, 0.3) is 0 Å². The standard InChI is InChI=1S/C15H28/c1-5-8-10-14(4)12-13-15(7-3)11-9-6-2/h7,9,11,14H,5-6,8,10,12-13H2,1-4H3/b11-9-,15-7+. The largest absolute Gasteiger partial charge is 0.0845 e. The van der Waals surface area contributed by atoms with Gasteiger partial charge < -0.3 is 0 Å². The molecule has 0 bridgehead atoms. The Labute approximate surface area is 96.5 Å². The maximum atomic E-state index is 2.38. The summed E-state index contributed by atoms with van der Waals surface area (Å²) in [6, 6.07) is 0. The molecule has 0 fully saturated rings. The Kier molecular flexibility index (Phi) is 9.67. The molecule has 0 aromatic heterocycles. The van der Waals surface area contributed by atoms with Crippen LogP contribution in [0, 0.1) is 5.92 Å². The van der Waals surface area contributed by atoms with Gasteiger partial charge in [0.1, 0.15) is 0 Å². The molecule has 0 saturated heterocycles. The molecule has 0 aliphatic rings. The van der Waals surface area contributed by atoms with Gasteiger partial charge in [-0.05, 0) is 32.1 Å². The van der Waals surface area contributed by atoms with Gasteiger partial charge in [0, 0.05) is 0 Å². The van der Waals surface area contributed by atoms with E-state index in [-0.39, 0.29) is 0 Å². The minimum atomic E-state index is 0.884. The van der Waals surface area contributed by atoms with E-state index in [2.05, 4.69) is 45.9 Å². The van der Waals surface area contributed by atoms with E-state index < -0.39 is 0 Å². The molecule has 0 heteroatoms. The lowest BCUT2D eigenvalue weighted by molar-refractivity contribution is 0.472. The summed E-state index contributed by atoms with van der Waals surface area (Å²) in [7, 11) is 0. The van der Waals surface area contributed by atoms with Crippen LogP contribution in [0.2, 0.25) is 0 Å². The second kappa shape index (κ2) is 10.0. The second-order valence-corrected chi connectivity index (χ2v) is 4.46. The van der Waals surface area contributed by atoms with Gasteiger partial charge in [-0.25, -0.2) is 0 Å². The van der Waals surface area contributed by atoms with E-state index in [1.54, 1.807) is 0 Å². The molecule has 1 atom stereocenters. The smallest absolute Gasteiger partial charge is 0.0280 e. The highest BCUT2D eigenvalue weighted by Crippen LogP contribution is 2.18. The Hall–Kier alpha value is -0.520. The Morgan fingerprint density at radius 2 is 1.93 bits per heavy atom. The van der Waals surface area contributed by atoms with Gasteiger partial charge in [-0.2, -0.15) is 0 Å². The van der Waals surface area contributed by atoms with Crippen LogP contribution in [0.1, 0.15) is 66.2 Å². The maximum absolute atomic E-state index is 2.38. The van der Waals surface area contributed by atoms with Gasteiger partial charge in [0.15, 0.2) is 0 Å². The SMILES string of the molecule is C/C=C(\C=C/CC)CCC(C)CCCC. The Bertz CT molecular complexity index is 186. The zero-order valence-electron chi connectivity index (χ0n) is 11.1. The van der Waals surface area contributed by atoms with Crippen molar-refractivity contribution < 1.29 is 0 Å². The molecular weight excluding hydrogens is 180 g/mol. The average Bonchev–Trinajstić information content (AvgIpc) is 2.26. The molecule has 0 spiro atoms. The highest BCUT2D eigenvalue weighted by atomic mass is 14.1. The van der Waals surface area contributed by atoms with Crippen molar-refractivity contribution in [3.05, 3.63) is 23.8 Å². The summed E-state index contributed by atoms with van der Waals surface area (Å²) in [6.45, 7) is 8.99. The van der Waals surface area contributed by atoms with Crippen LogP contribution in [0.3, 0.4) is 0 Å². The molecule has 0 nitrogen and oxygen atoms in total. The second-order valence-electron chi connectivity index (χ2n) is 4.46. The zero-order chi connectivity index (χ0) is 11.5. The van der Waals surface area contributed by atoms with Crippen molar-refractivity contribution in [3.63, 3.8) is 0 Å². The molecule has 0 N–H and O–H groups in total. The quantitative estimate of drug-likeness (QED) is 0.462. The first kappa shape index (κ1) is 14.5. The number of hydrogen-bond donors (Lipinski definition) is 0. The maximum Gasteiger partial charge on any atom is -0.0280 e. The number of allylic oxidation sites excluding steroid dienone is 4. The molecule has 88 valence electrons. The van der Waals surface area contributed by atoms with Crippen molar-refractivity contribution in [1.82, 2.24) is 0 Å². The zero-order valence-corrected chi connectivity index (χ0v) is 11.1. The van der Waals surface area contributed by atoms with Crippen LogP contribution < -0.4 is 0 Å². The number of hydrogen-bond acceptors (Lipinski definition) is 0. The molecule has 0 radical (unpaired) electrons. The summed E-state index contributed by atoms with van der Waals surface area (Å²) in [4.78, 5) is 0. The summed E-state index contributed by atoms with van der Waals surface area (Å²) in [6.07, 6.45) is 14.6. The van der Waals surface area contributed by atoms with Gasteiger partial charge in [-0.1, -0.05) is 63.8 Å². The third-order valence-electron chi connectivity index (χ3n) is 2.91. The summed E-state index contributed by atoms with van der Waals surface area (Å²) in [5, 5.41) is 0. The topological polar surface area (TPSA) is 0 Å². The highest BCUT2D eigenvalue weighted by molar-refractivity contribution is 5.17. The monoisotopic (exact) mass is 208 g/mol. The molecule has 15 heavy (non-hydrogen) atoms. The third kappa shape index (κ3) is 8.47. The van der Waals surface area contributed by atoms with Crippen molar-refractivity contribution >= 4 is 0 Å². The average molecular weight is 208 g/mol. The summed E-state index contributed by atoms with van der Waals surface area (Å²) in [5.41, 5.74) is 1.50. The van der Waals surface area contributed by atoms with Crippen LogP contribution in [-0.2, 0) is 0 Å². The lowest BCUT2D eigenvalue weighted by Crippen LogP contribution is -1.95. The molecule has 1 unspecified atom stereocenters. The lowest BCUT2D eigenvalue weighted by Gasteiger charge is -2.10. The molecule has 0 rings (SSSR count). The highest BCUT2D eigenvalue weighted by Gasteiger charge is 2.01. The number of unbranched alkanes of at least 4 members (excludes halogenated alkanes) is 1. The van der Waals surface area contributed by atoms with Gasteiger partial charge in [-0.15, -0.1) is 0 Å². The van der Waals surface area contributed by atoms with E-state index in [0.29, 0.717) is 0 Å². The summed E-state index contributed by atoms with van der Waals surface area (Å²) >= 11 is 0. The van der Waals surface area contributed by atoms with Crippen LogP contribution >= 0.6 is 0 Å². The van der Waals surface area contributed by atoms with Crippen molar-refractivity contribution in [3.8, 4) is 0 Å². The van der Waals surface area contributed by atoms with E-state index >= 15 is 0 Å². The van der Waals surface area contributed by atoms with E-state index in [9.17, 15) is 0 Å². The van der Waals surface area contributed by atoms with Crippen molar-refractivity contribution in [1.29, 1.82) is 0 Å². The van der Waals surface area contributed by atoms with Crippen molar-refractivity contribution in [2.75, 3.05) is 0 Å². The molecule has 0 aromatic rings. The van der Waals surface area contributed by atoms with Gasteiger partial charge >= 0.3 is 0 Å². The Balaban J connectivity index is 3.75. The van der Waals surface area contributed by atoms with Crippen LogP contribution in [0.5, 0.6) is 0 Å². The molecule has 0 aliphatic heterocycles. The van der Waals surface area contributed by atoms with E-state index in [4.69, 9.17) is 0 Å². The fourth-order valence-corrected chi connectivity index (χ4v) is 1.70. The fourth-order valence-electron chi connectivity index (χ4n) is 1.70. The summed E-state index contributed by atoms with van der Waals surface area (Å²) < 4.78 is 0. The van der Waals surface area contributed by atoms with Crippen molar-refractivity contribution in [2.24, 2.45) is 5.92 Å². The van der Waals surface area contributed by atoms with E-state index in [0.717, 1.165) is 12.3 Å². The lowest BCUT2D eigenvalue weighted by atomic mass is 9.96. The van der Waals surface area contributed by atoms with Gasteiger partial charge in [0.25, 0.3) is 0 Å². The summed E-state index contributed by atoms with van der Waals surface area (Å²) in [5.74, 6) is 0.884. The van der Waals surface area contributed by atoms with Crippen LogP contribution in [-0.4, -0.2) is 0 Å².